The molecule has 3 rings (SSSR count). The van der Waals surface area contributed by atoms with Gasteiger partial charge in [-0.2, -0.15) is 0 Å². The smallest absolute Gasteiger partial charge is 0.126 e. The van der Waals surface area contributed by atoms with Crippen LogP contribution in [0.4, 0.5) is 4.39 Å². The summed E-state index contributed by atoms with van der Waals surface area (Å²) in [4.78, 5) is 4.79. The fraction of sp³-hybridized carbons (Fsp3) is 0.684. The summed E-state index contributed by atoms with van der Waals surface area (Å²) >= 11 is 0. The van der Waals surface area contributed by atoms with E-state index in [9.17, 15) is 14.6 Å². The molecule has 0 unspecified atom stereocenters. The second-order valence-electron chi connectivity index (χ2n) is 7.51. The standard InChI is InChI=1S/C19H29FN2O2/c1-14-8-15(2-3-19(14)20)9-22-11-16(17(12-22)13-23)10-21-6-4-18(24)5-7-21/h2-3,8,16-18,23-24H,4-7,9-13H2,1H3/t16-,17-/m0/s1. The van der Waals surface area contributed by atoms with Gasteiger partial charge in [0.1, 0.15) is 5.82 Å². The Balaban J connectivity index is 1.56. The number of rotatable bonds is 5. The van der Waals surface area contributed by atoms with Crippen LogP contribution in [0.2, 0.25) is 0 Å². The topological polar surface area (TPSA) is 46.9 Å². The van der Waals surface area contributed by atoms with E-state index < -0.39 is 0 Å². The molecule has 1 aromatic carbocycles. The molecule has 0 saturated carbocycles. The lowest BCUT2D eigenvalue weighted by atomic mass is 9.95. The number of hydrogen-bond acceptors (Lipinski definition) is 4. The fourth-order valence-electron chi connectivity index (χ4n) is 4.08. The number of piperidine rings is 1. The largest absolute Gasteiger partial charge is 0.396 e. The summed E-state index contributed by atoms with van der Waals surface area (Å²) in [5, 5.41) is 19.4. The molecule has 2 aliphatic heterocycles. The number of aryl methyl sites for hydroxylation is 1. The molecule has 2 aliphatic rings. The first-order chi connectivity index (χ1) is 11.5. The summed E-state index contributed by atoms with van der Waals surface area (Å²) < 4.78 is 13.4. The second-order valence-corrected chi connectivity index (χ2v) is 7.51. The van der Waals surface area contributed by atoms with Crippen molar-refractivity contribution in [1.82, 2.24) is 9.80 Å². The van der Waals surface area contributed by atoms with Gasteiger partial charge in [0.2, 0.25) is 0 Å². The molecule has 2 fully saturated rings. The maximum atomic E-state index is 13.4. The van der Waals surface area contributed by atoms with E-state index in [-0.39, 0.29) is 18.5 Å². The summed E-state index contributed by atoms with van der Waals surface area (Å²) in [7, 11) is 0. The zero-order valence-corrected chi connectivity index (χ0v) is 14.5. The van der Waals surface area contributed by atoms with E-state index in [1.165, 1.54) is 0 Å². The van der Waals surface area contributed by atoms with Crippen molar-refractivity contribution in [3.05, 3.63) is 35.1 Å². The van der Waals surface area contributed by atoms with Crippen molar-refractivity contribution in [3.63, 3.8) is 0 Å². The number of likely N-dealkylation sites (tertiary alicyclic amines) is 2. The minimum atomic E-state index is -0.154. The highest BCUT2D eigenvalue weighted by Gasteiger charge is 2.34. The molecule has 24 heavy (non-hydrogen) atoms. The van der Waals surface area contributed by atoms with E-state index in [0.717, 1.165) is 57.7 Å². The van der Waals surface area contributed by atoms with Crippen molar-refractivity contribution in [3.8, 4) is 0 Å². The molecule has 2 N–H and O–H groups in total. The Morgan fingerprint density at radius 1 is 1.12 bits per heavy atom. The lowest BCUT2D eigenvalue weighted by Crippen LogP contribution is -2.40. The zero-order chi connectivity index (χ0) is 17.1. The van der Waals surface area contributed by atoms with Gasteiger partial charge >= 0.3 is 0 Å². The molecule has 1 aromatic rings. The summed E-state index contributed by atoms with van der Waals surface area (Å²) in [6.45, 7) is 7.60. The van der Waals surface area contributed by atoms with Gasteiger partial charge in [-0.05, 0) is 48.8 Å². The number of aliphatic hydroxyl groups excluding tert-OH is 2. The van der Waals surface area contributed by atoms with Gasteiger partial charge in [0.25, 0.3) is 0 Å². The minimum Gasteiger partial charge on any atom is -0.396 e. The van der Waals surface area contributed by atoms with Crippen molar-refractivity contribution < 1.29 is 14.6 Å². The highest BCUT2D eigenvalue weighted by molar-refractivity contribution is 5.24. The summed E-state index contributed by atoms with van der Waals surface area (Å²) in [6, 6.07) is 5.32. The van der Waals surface area contributed by atoms with Gasteiger partial charge in [-0.15, -0.1) is 0 Å². The first-order valence-corrected chi connectivity index (χ1v) is 9.04. The van der Waals surface area contributed by atoms with Gasteiger partial charge in [0.15, 0.2) is 0 Å². The minimum absolute atomic E-state index is 0.142. The number of hydrogen-bond donors (Lipinski definition) is 2. The third-order valence-corrected chi connectivity index (χ3v) is 5.56. The fourth-order valence-corrected chi connectivity index (χ4v) is 4.08. The van der Waals surface area contributed by atoms with Crippen LogP contribution in [-0.4, -0.2) is 65.4 Å². The van der Waals surface area contributed by atoms with Crippen LogP contribution in [0, 0.1) is 24.6 Å². The predicted molar refractivity (Wildman–Crippen MR) is 92.2 cm³/mol. The Hall–Kier alpha value is -1.01. The monoisotopic (exact) mass is 336 g/mol. The quantitative estimate of drug-likeness (QED) is 0.858. The van der Waals surface area contributed by atoms with Gasteiger partial charge in [0.05, 0.1) is 6.10 Å². The maximum Gasteiger partial charge on any atom is 0.126 e. The molecule has 5 heteroatoms. The van der Waals surface area contributed by atoms with Crippen LogP contribution in [-0.2, 0) is 6.54 Å². The molecule has 0 amide bonds. The van der Waals surface area contributed by atoms with Gasteiger partial charge in [-0.1, -0.05) is 12.1 Å². The van der Waals surface area contributed by atoms with Crippen LogP contribution in [0.25, 0.3) is 0 Å². The molecule has 0 aromatic heterocycles. The number of nitrogens with zero attached hydrogens (tertiary/aromatic N) is 2. The molecule has 2 saturated heterocycles. The van der Waals surface area contributed by atoms with Crippen molar-refractivity contribution in [1.29, 1.82) is 0 Å². The van der Waals surface area contributed by atoms with Crippen LogP contribution >= 0.6 is 0 Å². The van der Waals surface area contributed by atoms with Crippen LogP contribution in [0.15, 0.2) is 18.2 Å². The summed E-state index contributed by atoms with van der Waals surface area (Å²) in [5.41, 5.74) is 1.82. The van der Waals surface area contributed by atoms with Crippen molar-refractivity contribution >= 4 is 0 Å². The SMILES string of the molecule is Cc1cc(CN2C[C@@H](CO)[C@@H](CN3CCC(O)CC3)C2)ccc1F. The van der Waals surface area contributed by atoms with Gasteiger partial charge in [0, 0.05) is 45.9 Å². The molecule has 134 valence electrons. The first kappa shape index (κ1) is 17.8. The average molecular weight is 336 g/mol. The Morgan fingerprint density at radius 2 is 1.83 bits per heavy atom. The van der Waals surface area contributed by atoms with Crippen molar-refractivity contribution in [2.45, 2.75) is 32.4 Å². The third-order valence-electron chi connectivity index (χ3n) is 5.56. The lowest BCUT2D eigenvalue weighted by molar-refractivity contribution is 0.0684. The zero-order valence-electron chi connectivity index (χ0n) is 14.5. The van der Waals surface area contributed by atoms with Gasteiger partial charge in [-0.25, -0.2) is 4.39 Å². The average Bonchev–Trinajstić information content (AvgIpc) is 2.94. The molecule has 0 bridgehead atoms. The highest BCUT2D eigenvalue weighted by Crippen LogP contribution is 2.27. The van der Waals surface area contributed by atoms with E-state index in [2.05, 4.69) is 9.80 Å². The van der Waals surface area contributed by atoms with Crippen LogP contribution in [0.5, 0.6) is 0 Å². The first-order valence-electron chi connectivity index (χ1n) is 9.04. The molecule has 0 aliphatic carbocycles. The lowest BCUT2D eigenvalue weighted by Gasteiger charge is -2.32. The molecule has 2 atom stereocenters. The molecular formula is C19H29FN2O2. The van der Waals surface area contributed by atoms with E-state index in [1.54, 1.807) is 13.0 Å². The van der Waals surface area contributed by atoms with Crippen LogP contribution in [0.1, 0.15) is 24.0 Å². The number of benzene rings is 1. The normalized spacial score (nSPS) is 27.0. The molecule has 0 spiro atoms. The Morgan fingerprint density at radius 3 is 2.50 bits per heavy atom. The van der Waals surface area contributed by atoms with Crippen LogP contribution in [0.3, 0.4) is 0 Å². The number of halogens is 1. The Bertz CT molecular complexity index is 546. The van der Waals surface area contributed by atoms with E-state index in [0.29, 0.717) is 17.4 Å². The van der Waals surface area contributed by atoms with E-state index >= 15 is 0 Å². The second kappa shape index (κ2) is 7.91. The van der Waals surface area contributed by atoms with Crippen molar-refractivity contribution in [2.75, 3.05) is 39.3 Å². The summed E-state index contributed by atoms with van der Waals surface area (Å²) in [6.07, 6.45) is 1.57. The Labute approximate surface area is 143 Å². The van der Waals surface area contributed by atoms with E-state index in [1.807, 2.05) is 12.1 Å². The molecular weight excluding hydrogens is 307 g/mol. The third kappa shape index (κ3) is 4.33. The summed E-state index contributed by atoms with van der Waals surface area (Å²) in [5.74, 6) is 0.615. The molecule has 0 radical (unpaired) electrons. The predicted octanol–water partition coefficient (Wildman–Crippen LogP) is 1.63. The maximum absolute atomic E-state index is 13.4. The van der Waals surface area contributed by atoms with Gasteiger partial charge in [-0.3, -0.25) is 4.90 Å². The molecule has 4 nitrogen and oxygen atoms in total. The van der Waals surface area contributed by atoms with Crippen molar-refractivity contribution in [2.24, 2.45) is 11.8 Å². The Kier molecular flexibility index (Phi) is 5.87. The van der Waals surface area contributed by atoms with E-state index in [4.69, 9.17) is 0 Å². The molecule has 2 heterocycles. The van der Waals surface area contributed by atoms with Gasteiger partial charge < -0.3 is 15.1 Å². The number of aliphatic hydroxyl groups is 2. The van der Waals surface area contributed by atoms with Crippen LogP contribution < -0.4 is 0 Å². The highest BCUT2D eigenvalue weighted by atomic mass is 19.1.